The zero-order valence-electron chi connectivity index (χ0n) is 9.67. The third-order valence-electron chi connectivity index (χ3n) is 2.64. The maximum atomic E-state index is 10.9. The molecule has 1 fully saturated rings. The molecule has 96 valence electrons. The number of hydrogen-bond donors (Lipinski definition) is 1. The standard InChI is InChI=1S/C11H13N3O4/c15-8-9-1-2-10(11(7-9)14(16)17)12-13-3-5-18-6-4-13/h1-2,7-8,12H,3-6H2. The fourth-order valence-corrected chi connectivity index (χ4v) is 1.71. The average Bonchev–Trinajstić information content (AvgIpc) is 2.40. The second-order valence-electron chi connectivity index (χ2n) is 3.86. The Hall–Kier alpha value is -1.99. The molecule has 1 saturated heterocycles. The molecule has 0 amide bonds. The normalized spacial score (nSPS) is 16.2. The van der Waals surface area contributed by atoms with Gasteiger partial charge in [-0.2, -0.15) is 0 Å². The number of anilines is 1. The first-order valence-corrected chi connectivity index (χ1v) is 5.53. The summed E-state index contributed by atoms with van der Waals surface area (Å²) in [5.41, 5.74) is 3.54. The highest BCUT2D eigenvalue weighted by molar-refractivity contribution is 5.79. The van der Waals surface area contributed by atoms with Gasteiger partial charge in [0.25, 0.3) is 5.69 Å². The summed E-state index contributed by atoms with van der Waals surface area (Å²) in [6.45, 7) is 2.50. The molecule has 0 radical (unpaired) electrons. The first-order valence-electron chi connectivity index (χ1n) is 5.53. The van der Waals surface area contributed by atoms with E-state index in [0.717, 1.165) is 0 Å². The molecule has 1 aromatic rings. The quantitative estimate of drug-likeness (QED) is 0.489. The van der Waals surface area contributed by atoms with Crippen LogP contribution in [0.15, 0.2) is 18.2 Å². The Balaban J connectivity index is 2.20. The van der Waals surface area contributed by atoms with Gasteiger partial charge in [0.15, 0.2) is 0 Å². The van der Waals surface area contributed by atoms with Gasteiger partial charge in [0.05, 0.1) is 18.1 Å². The van der Waals surface area contributed by atoms with Crippen molar-refractivity contribution in [2.24, 2.45) is 0 Å². The number of ether oxygens (including phenoxy) is 1. The maximum Gasteiger partial charge on any atom is 0.294 e. The minimum absolute atomic E-state index is 0.105. The first kappa shape index (κ1) is 12.5. The number of nitrogens with zero attached hydrogens (tertiary/aromatic N) is 2. The molecule has 0 unspecified atom stereocenters. The Labute approximate surface area is 103 Å². The number of carbonyl (C=O) groups is 1. The molecule has 7 heteroatoms. The van der Waals surface area contributed by atoms with Crippen molar-refractivity contribution < 1.29 is 14.5 Å². The zero-order valence-corrected chi connectivity index (χ0v) is 9.67. The summed E-state index contributed by atoms with van der Waals surface area (Å²) in [6, 6.07) is 4.34. The van der Waals surface area contributed by atoms with Gasteiger partial charge in [0.1, 0.15) is 12.0 Å². The van der Waals surface area contributed by atoms with Gasteiger partial charge in [0, 0.05) is 24.7 Å². The van der Waals surface area contributed by atoms with E-state index in [1.54, 1.807) is 6.07 Å². The zero-order chi connectivity index (χ0) is 13.0. The van der Waals surface area contributed by atoms with Gasteiger partial charge < -0.3 is 10.2 Å². The lowest BCUT2D eigenvalue weighted by Gasteiger charge is -2.27. The number of hydrazine groups is 1. The highest BCUT2D eigenvalue weighted by Gasteiger charge is 2.18. The van der Waals surface area contributed by atoms with E-state index in [1.165, 1.54) is 12.1 Å². The number of nitrogens with one attached hydrogen (secondary N) is 1. The molecule has 0 spiro atoms. The molecule has 18 heavy (non-hydrogen) atoms. The van der Waals surface area contributed by atoms with Gasteiger partial charge >= 0.3 is 0 Å². The molecule has 0 atom stereocenters. The van der Waals surface area contributed by atoms with Crippen molar-refractivity contribution in [1.82, 2.24) is 5.01 Å². The molecule has 1 aliphatic rings. The van der Waals surface area contributed by atoms with Crippen molar-refractivity contribution in [3.63, 3.8) is 0 Å². The Kier molecular flexibility index (Phi) is 3.85. The lowest BCUT2D eigenvalue weighted by atomic mass is 10.2. The SMILES string of the molecule is O=Cc1ccc(NN2CCOCC2)c([N+](=O)[O-])c1. The smallest absolute Gasteiger partial charge is 0.294 e. The van der Waals surface area contributed by atoms with Crippen molar-refractivity contribution in [3.8, 4) is 0 Å². The van der Waals surface area contributed by atoms with Crippen molar-refractivity contribution in [1.29, 1.82) is 0 Å². The van der Waals surface area contributed by atoms with Gasteiger partial charge in [-0.3, -0.25) is 14.9 Å². The predicted molar refractivity (Wildman–Crippen MR) is 64.5 cm³/mol. The minimum atomic E-state index is -0.504. The van der Waals surface area contributed by atoms with E-state index < -0.39 is 4.92 Å². The van der Waals surface area contributed by atoms with E-state index >= 15 is 0 Å². The number of benzene rings is 1. The van der Waals surface area contributed by atoms with Gasteiger partial charge in [-0.15, -0.1) is 0 Å². The Morgan fingerprint density at radius 1 is 1.39 bits per heavy atom. The molecule has 2 rings (SSSR count). The van der Waals surface area contributed by atoms with Crippen LogP contribution in [0.2, 0.25) is 0 Å². The molecule has 0 bridgehead atoms. The van der Waals surface area contributed by atoms with Gasteiger partial charge in [-0.05, 0) is 12.1 Å². The second-order valence-corrected chi connectivity index (χ2v) is 3.86. The minimum Gasteiger partial charge on any atom is -0.379 e. The van der Waals surface area contributed by atoms with Gasteiger partial charge in [-0.25, -0.2) is 5.01 Å². The van der Waals surface area contributed by atoms with E-state index in [-0.39, 0.29) is 11.3 Å². The second kappa shape index (κ2) is 5.56. The van der Waals surface area contributed by atoms with Gasteiger partial charge in [-0.1, -0.05) is 0 Å². The van der Waals surface area contributed by atoms with Crippen molar-refractivity contribution in [2.45, 2.75) is 0 Å². The van der Waals surface area contributed by atoms with Crippen LogP contribution in [0.4, 0.5) is 11.4 Å². The molecule has 1 aliphatic heterocycles. The number of nitro groups is 1. The van der Waals surface area contributed by atoms with Crippen LogP contribution in [0, 0.1) is 10.1 Å². The van der Waals surface area contributed by atoms with E-state index in [1.807, 2.05) is 5.01 Å². The van der Waals surface area contributed by atoms with E-state index in [9.17, 15) is 14.9 Å². The van der Waals surface area contributed by atoms with Crippen molar-refractivity contribution in [3.05, 3.63) is 33.9 Å². The number of rotatable bonds is 4. The largest absolute Gasteiger partial charge is 0.379 e. The summed E-state index contributed by atoms with van der Waals surface area (Å²) in [7, 11) is 0. The molecule has 0 saturated carbocycles. The summed E-state index contributed by atoms with van der Waals surface area (Å²) in [6.07, 6.45) is 0.589. The van der Waals surface area contributed by atoms with Crippen LogP contribution >= 0.6 is 0 Å². The average molecular weight is 251 g/mol. The monoisotopic (exact) mass is 251 g/mol. The fraction of sp³-hybridized carbons (Fsp3) is 0.364. The highest BCUT2D eigenvalue weighted by atomic mass is 16.6. The molecule has 1 heterocycles. The van der Waals surface area contributed by atoms with E-state index in [2.05, 4.69) is 5.43 Å². The lowest BCUT2D eigenvalue weighted by molar-refractivity contribution is -0.384. The third-order valence-corrected chi connectivity index (χ3v) is 2.64. The summed E-state index contributed by atoms with van der Waals surface area (Å²) in [5, 5.41) is 12.8. The number of nitro benzene ring substituents is 1. The van der Waals surface area contributed by atoms with E-state index in [0.29, 0.717) is 38.3 Å². The van der Waals surface area contributed by atoms with Crippen LogP contribution < -0.4 is 5.43 Å². The summed E-state index contributed by atoms with van der Waals surface area (Å²) in [5.74, 6) is 0. The Bertz CT molecular complexity index is 458. The molecule has 1 N–H and O–H groups in total. The molecule has 1 aromatic carbocycles. The third kappa shape index (κ3) is 2.82. The topological polar surface area (TPSA) is 84.7 Å². The van der Waals surface area contributed by atoms with Crippen LogP contribution in [-0.2, 0) is 4.74 Å². The van der Waals surface area contributed by atoms with Crippen molar-refractivity contribution in [2.75, 3.05) is 31.7 Å². The van der Waals surface area contributed by atoms with E-state index in [4.69, 9.17) is 4.74 Å². The fourth-order valence-electron chi connectivity index (χ4n) is 1.71. The summed E-state index contributed by atoms with van der Waals surface area (Å²) < 4.78 is 5.19. The number of morpholine rings is 1. The Morgan fingerprint density at radius 2 is 2.11 bits per heavy atom. The van der Waals surface area contributed by atoms with Crippen molar-refractivity contribution >= 4 is 17.7 Å². The molecule has 0 aromatic heterocycles. The number of hydrogen-bond acceptors (Lipinski definition) is 6. The lowest BCUT2D eigenvalue weighted by Crippen LogP contribution is -2.40. The molecular formula is C11H13N3O4. The van der Waals surface area contributed by atoms with Crippen LogP contribution in [0.5, 0.6) is 0 Å². The van der Waals surface area contributed by atoms with Crippen LogP contribution in [0.3, 0.4) is 0 Å². The molecule has 7 nitrogen and oxygen atoms in total. The number of carbonyl (C=O) groups excluding carboxylic acids is 1. The van der Waals surface area contributed by atoms with Gasteiger partial charge in [0.2, 0.25) is 0 Å². The van der Waals surface area contributed by atoms with Crippen LogP contribution in [0.25, 0.3) is 0 Å². The van der Waals surface area contributed by atoms with Crippen LogP contribution in [0.1, 0.15) is 10.4 Å². The molecule has 0 aliphatic carbocycles. The summed E-state index contributed by atoms with van der Waals surface area (Å²) >= 11 is 0. The van der Waals surface area contributed by atoms with Crippen LogP contribution in [-0.4, -0.2) is 42.5 Å². The maximum absolute atomic E-state index is 10.9. The number of aldehydes is 1. The summed E-state index contributed by atoms with van der Waals surface area (Å²) in [4.78, 5) is 21.0. The first-order chi connectivity index (χ1) is 8.70. The highest BCUT2D eigenvalue weighted by Crippen LogP contribution is 2.25. The predicted octanol–water partition coefficient (Wildman–Crippen LogP) is 1.07. The Morgan fingerprint density at radius 3 is 2.72 bits per heavy atom. The molecular weight excluding hydrogens is 238 g/mol.